The summed E-state index contributed by atoms with van der Waals surface area (Å²) in [5, 5.41) is 2.88. The van der Waals surface area contributed by atoms with Gasteiger partial charge in [-0.25, -0.2) is 4.98 Å². The molecular weight excluding hydrogens is 240 g/mol. The number of fused-ring (bicyclic) bond motifs is 1. The summed E-state index contributed by atoms with van der Waals surface area (Å²) in [6, 6.07) is 7.34. The van der Waals surface area contributed by atoms with Crippen molar-refractivity contribution in [2.75, 3.05) is 0 Å². The predicted molar refractivity (Wildman–Crippen MR) is 70.6 cm³/mol. The van der Waals surface area contributed by atoms with Crippen molar-refractivity contribution < 1.29 is 4.79 Å². The van der Waals surface area contributed by atoms with Gasteiger partial charge in [0.2, 0.25) is 0 Å². The van der Waals surface area contributed by atoms with E-state index in [0.29, 0.717) is 17.8 Å². The minimum Gasteiger partial charge on any atom is -0.348 e. The van der Waals surface area contributed by atoms with Crippen LogP contribution in [-0.2, 0) is 6.54 Å². The molecular formula is C14H12N4O. The van der Waals surface area contributed by atoms with Crippen LogP contribution in [0, 0.1) is 0 Å². The molecule has 19 heavy (non-hydrogen) atoms. The largest absolute Gasteiger partial charge is 0.348 e. The maximum absolute atomic E-state index is 12.1. The van der Waals surface area contributed by atoms with Gasteiger partial charge in [0, 0.05) is 37.5 Å². The van der Waals surface area contributed by atoms with Gasteiger partial charge in [-0.05, 0) is 29.8 Å². The Bertz CT molecular complexity index is 706. The van der Waals surface area contributed by atoms with Crippen molar-refractivity contribution in [3.8, 4) is 0 Å². The van der Waals surface area contributed by atoms with Crippen molar-refractivity contribution in [3.05, 3.63) is 66.4 Å². The molecule has 0 saturated carbocycles. The summed E-state index contributed by atoms with van der Waals surface area (Å²) in [5.74, 6) is -0.131. The Labute approximate surface area is 109 Å². The minimum absolute atomic E-state index is 0.131. The average Bonchev–Trinajstić information content (AvgIpc) is 2.94. The topological polar surface area (TPSA) is 59.3 Å². The first kappa shape index (κ1) is 11.4. The molecule has 0 aliphatic heterocycles. The number of nitrogens with one attached hydrogen (secondary N) is 1. The van der Waals surface area contributed by atoms with E-state index in [1.165, 1.54) is 0 Å². The fourth-order valence-corrected chi connectivity index (χ4v) is 1.90. The predicted octanol–water partition coefficient (Wildman–Crippen LogP) is 1.66. The molecule has 0 bridgehead atoms. The fourth-order valence-electron chi connectivity index (χ4n) is 1.90. The number of imidazole rings is 1. The SMILES string of the molecule is O=C(NCc1ccncc1)c1cccn2ccnc12. The number of carbonyl (C=O) groups is 1. The van der Waals surface area contributed by atoms with E-state index >= 15 is 0 Å². The highest BCUT2D eigenvalue weighted by Crippen LogP contribution is 2.08. The number of hydrogen-bond acceptors (Lipinski definition) is 3. The molecule has 1 N–H and O–H groups in total. The third-order valence-electron chi connectivity index (χ3n) is 2.87. The lowest BCUT2D eigenvalue weighted by molar-refractivity contribution is 0.0952. The molecule has 0 radical (unpaired) electrons. The Morgan fingerprint density at radius 2 is 2.00 bits per heavy atom. The summed E-state index contributed by atoms with van der Waals surface area (Å²) in [7, 11) is 0. The third-order valence-corrected chi connectivity index (χ3v) is 2.87. The highest BCUT2D eigenvalue weighted by molar-refractivity contribution is 5.99. The van der Waals surface area contributed by atoms with Gasteiger partial charge in [0.05, 0.1) is 5.56 Å². The molecule has 3 rings (SSSR count). The van der Waals surface area contributed by atoms with E-state index in [1.54, 1.807) is 24.7 Å². The molecule has 3 aromatic heterocycles. The second-order valence-electron chi connectivity index (χ2n) is 4.12. The zero-order valence-corrected chi connectivity index (χ0v) is 10.2. The minimum atomic E-state index is -0.131. The van der Waals surface area contributed by atoms with Crippen molar-refractivity contribution in [1.29, 1.82) is 0 Å². The molecule has 5 nitrogen and oxygen atoms in total. The van der Waals surface area contributed by atoms with Gasteiger partial charge in [-0.1, -0.05) is 0 Å². The van der Waals surface area contributed by atoms with E-state index in [9.17, 15) is 4.79 Å². The third kappa shape index (κ3) is 2.30. The van der Waals surface area contributed by atoms with Gasteiger partial charge in [-0.3, -0.25) is 9.78 Å². The lowest BCUT2D eigenvalue weighted by atomic mass is 10.2. The van der Waals surface area contributed by atoms with E-state index in [0.717, 1.165) is 5.56 Å². The molecule has 0 aliphatic carbocycles. The van der Waals surface area contributed by atoms with Crippen LogP contribution in [0.1, 0.15) is 15.9 Å². The summed E-state index contributed by atoms with van der Waals surface area (Å²) >= 11 is 0. The zero-order valence-electron chi connectivity index (χ0n) is 10.2. The fraction of sp³-hybridized carbons (Fsp3) is 0.0714. The van der Waals surface area contributed by atoms with E-state index in [4.69, 9.17) is 0 Å². The molecule has 0 saturated heterocycles. The summed E-state index contributed by atoms with van der Waals surface area (Å²) in [6.45, 7) is 0.475. The van der Waals surface area contributed by atoms with E-state index in [1.807, 2.05) is 35.0 Å². The van der Waals surface area contributed by atoms with Crippen molar-refractivity contribution in [1.82, 2.24) is 19.7 Å². The van der Waals surface area contributed by atoms with Crippen LogP contribution >= 0.6 is 0 Å². The Balaban J connectivity index is 1.79. The second-order valence-corrected chi connectivity index (χ2v) is 4.12. The van der Waals surface area contributed by atoms with Crippen LogP contribution < -0.4 is 5.32 Å². The van der Waals surface area contributed by atoms with Crippen LogP contribution in [-0.4, -0.2) is 20.3 Å². The summed E-state index contributed by atoms with van der Waals surface area (Å²) in [4.78, 5) is 20.3. The lowest BCUT2D eigenvalue weighted by Crippen LogP contribution is -2.23. The molecule has 0 aromatic carbocycles. The van der Waals surface area contributed by atoms with Gasteiger partial charge >= 0.3 is 0 Å². The standard InChI is InChI=1S/C14H12N4O/c19-14(17-10-11-3-5-15-6-4-11)12-2-1-8-18-9-7-16-13(12)18/h1-9H,10H2,(H,17,19). The number of hydrogen-bond donors (Lipinski definition) is 1. The van der Waals surface area contributed by atoms with Crippen LogP contribution in [0.25, 0.3) is 5.65 Å². The maximum Gasteiger partial charge on any atom is 0.255 e. The molecule has 0 spiro atoms. The van der Waals surface area contributed by atoms with Crippen LogP contribution in [0.4, 0.5) is 0 Å². The van der Waals surface area contributed by atoms with Gasteiger partial charge in [-0.15, -0.1) is 0 Å². The molecule has 0 unspecified atom stereocenters. The van der Waals surface area contributed by atoms with Gasteiger partial charge in [0.1, 0.15) is 5.65 Å². The number of nitrogens with zero attached hydrogens (tertiary/aromatic N) is 3. The number of rotatable bonds is 3. The van der Waals surface area contributed by atoms with E-state index in [-0.39, 0.29) is 5.91 Å². The van der Waals surface area contributed by atoms with E-state index in [2.05, 4.69) is 15.3 Å². The van der Waals surface area contributed by atoms with Gasteiger partial charge in [-0.2, -0.15) is 0 Å². The molecule has 5 heteroatoms. The highest BCUT2D eigenvalue weighted by atomic mass is 16.1. The Hall–Kier alpha value is -2.69. The summed E-state index contributed by atoms with van der Waals surface area (Å²) < 4.78 is 1.82. The lowest BCUT2D eigenvalue weighted by Gasteiger charge is -2.06. The zero-order chi connectivity index (χ0) is 13.1. The van der Waals surface area contributed by atoms with Gasteiger partial charge < -0.3 is 9.72 Å². The molecule has 0 atom stereocenters. The number of amides is 1. The van der Waals surface area contributed by atoms with Crippen molar-refractivity contribution in [2.45, 2.75) is 6.54 Å². The van der Waals surface area contributed by atoms with Gasteiger partial charge in [0.25, 0.3) is 5.91 Å². The van der Waals surface area contributed by atoms with Crippen molar-refractivity contribution in [3.63, 3.8) is 0 Å². The smallest absolute Gasteiger partial charge is 0.255 e. The van der Waals surface area contributed by atoms with Gasteiger partial charge in [0.15, 0.2) is 0 Å². The van der Waals surface area contributed by atoms with Crippen LogP contribution in [0.5, 0.6) is 0 Å². The number of carbonyl (C=O) groups excluding carboxylic acids is 1. The Kier molecular flexibility index (Phi) is 2.94. The Morgan fingerprint density at radius 3 is 2.84 bits per heavy atom. The van der Waals surface area contributed by atoms with Crippen LogP contribution in [0.3, 0.4) is 0 Å². The van der Waals surface area contributed by atoms with E-state index < -0.39 is 0 Å². The number of pyridine rings is 2. The monoisotopic (exact) mass is 252 g/mol. The highest BCUT2D eigenvalue weighted by Gasteiger charge is 2.10. The normalized spacial score (nSPS) is 10.5. The molecule has 0 aliphatic rings. The molecule has 1 amide bonds. The first-order valence-corrected chi connectivity index (χ1v) is 5.93. The molecule has 0 fully saturated rings. The first-order valence-electron chi connectivity index (χ1n) is 5.93. The molecule has 3 heterocycles. The average molecular weight is 252 g/mol. The van der Waals surface area contributed by atoms with Crippen molar-refractivity contribution >= 4 is 11.6 Å². The Morgan fingerprint density at radius 1 is 1.16 bits per heavy atom. The summed E-state index contributed by atoms with van der Waals surface area (Å²) in [5.41, 5.74) is 2.25. The van der Waals surface area contributed by atoms with Crippen molar-refractivity contribution in [2.24, 2.45) is 0 Å². The van der Waals surface area contributed by atoms with Crippen LogP contribution in [0.2, 0.25) is 0 Å². The second kappa shape index (κ2) is 4.89. The first-order chi connectivity index (χ1) is 9.34. The number of aromatic nitrogens is 3. The summed E-state index contributed by atoms with van der Waals surface area (Å²) in [6.07, 6.45) is 8.76. The van der Waals surface area contributed by atoms with Crippen LogP contribution in [0.15, 0.2) is 55.2 Å². The quantitative estimate of drug-likeness (QED) is 0.771. The molecule has 94 valence electrons. The maximum atomic E-state index is 12.1. The molecule has 3 aromatic rings.